The summed E-state index contributed by atoms with van der Waals surface area (Å²) in [5, 5.41) is 9.07. The topological polar surface area (TPSA) is 59.3 Å². The van der Waals surface area contributed by atoms with E-state index < -0.39 is 12.0 Å². The summed E-state index contributed by atoms with van der Waals surface area (Å²) in [6.45, 7) is 0. The van der Waals surface area contributed by atoms with E-state index in [1.165, 1.54) is 10.6 Å². The number of pyridine rings is 1. The average Bonchev–Trinajstić information content (AvgIpc) is 2.99. The van der Waals surface area contributed by atoms with Gasteiger partial charge in [0, 0.05) is 12.3 Å². The predicted molar refractivity (Wildman–Crippen MR) is 54.7 cm³/mol. The van der Waals surface area contributed by atoms with Gasteiger partial charge < -0.3 is 9.67 Å². The zero-order valence-corrected chi connectivity index (χ0v) is 8.30. The van der Waals surface area contributed by atoms with E-state index in [1.54, 1.807) is 18.3 Å². The van der Waals surface area contributed by atoms with Gasteiger partial charge in [-0.05, 0) is 18.4 Å². The molecule has 4 heteroatoms. The zero-order chi connectivity index (χ0) is 10.8. The van der Waals surface area contributed by atoms with E-state index in [9.17, 15) is 9.59 Å². The highest BCUT2D eigenvalue weighted by molar-refractivity contribution is 5.71. The van der Waals surface area contributed by atoms with E-state index in [0.717, 1.165) is 12.8 Å². The Morgan fingerprint density at radius 1 is 1.53 bits per heavy atom. The lowest BCUT2D eigenvalue weighted by atomic mass is 10.1. The van der Waals surface area contributed by atoms with Crippen LogP contribution in [0.5, 0.6) is 0 Å². The van der Waals surface area contributed by atoms with Crippen LogP contribution in [0.2, 0.25) is 0 Å². The molecule has 1 N–H and O–H groups in total. The molecule has 2 rings (SSSR count). The second-order valence-corrected chi connectivity index (χ2v) is 3.98. The Hall–Kier alpha value is -1.58. The fraction of sp³-hybridized carbons (Fsp3) is 0.455. The first kappa shape index (κ1) is 9.96. The molecule has 1 aliphatic rings. The molecule has 1 heterocycles. The molecule has 1 aromatic rings. The van der Waals surface area contributed by atoms with E-state index in [0.29, 0.717) is 12.3 Å². The summed E-state index contributed by atoms with van der Waals surface area (Å²) >= 11 is 0. The smallest absolute Gasteiger partial charge is 0.326 e. The first-order valence-corrected chi connectivity index (χ1v) is 5.08. The molecule has 0 amide bonds. The minimum atomic E-state index is -0.921. The lowest BCUT2D eigenvalue weighted by molar-refractivity contribution is -0.141. The van der Waals surface area contributed by atoms with Crippen LogP contribution < -0.4 is 5.56 Å². The highest BCUT2D eigenvalue weighted by atomic mass is 16.4. The molecule has 0 spiro atoms. The van der Waals surface area contributed by atoms with Crippen LogP contribution in [0, 0.1) is 5.92 Å². The zero-order valence-electron chi connectivity index (χ0n) is 8.30. The molecule has 1 fully saturated rings. The quantitative estimate of drug-likeness (QED) is 0.808. The second-order valence-electron chi connectivity index (χ2n) is 3.98. The highest BCUT2D eigenvalue weighted by Gasteiger charge is 2.30. The number of carboxylic acids is 1. The van der Waals surface area contributed by atoms with Crippen LogP contribution in [0.15, 0.2) is 29.2 Å². The number of carboxylic acid groups (broad SMARTS) is 1. The summed E-state index contributed by atoms with van der Waals surface area (Å²) in [5.41, 5.74) is -0.245. The maximum atomic E-state index is 11.5. The predicted octanol–water partition coefficient (Wildman–Crippen LogP) is 1.27. The minimum Gasteiger partial charge on any atom is -0.480 e. The SMILES string of the molecule is O=C(O)C(CC1CC1)n1ccccc1=O. The van der Waals surface area contributed by atoms with Crippen LogP contribution >= 0.6 is 0 Å². The van der Waals surface area contributed by atoms with Gasteiger partial charge in [0.1, 0.15) is 6.04 Å². The molecule has 80 valence electrons. The van der Waals surface area contributed by atoms with Gasteiger partial charge in [-0.3, -0.25) is 4.79 Å². The Labute approximate surface area is 87.2 Å². The van der Waals surface area contributed by atoms with Crippen molar-refractivity contribution < 1.29 is 9.90 Å². The number of carbonyl (C=O) groups is 1. The first-order chi connectivity index (χ1) is 7.18. The van der Waals surface area contributed by atoms with E-state index in [2.05, 4.69) is 0 Å². The summed E-state index contributed by atoms with van der Waals surface area (Å²) in [6.07, 6.45) is 4.29. The maximum Gasteiger partial charge on any atom is 0.326 e. The van der Waals surface area contributed by atoms with Gasteiger partial charge in [0.05, 0.1) is 0 Å². The summed E-state index contributed by atoms with van der Waals surface area (Å²) < 4.78 is 1.31. The third kappa shape index (κ3) is 2.26. The second kappa shape index (κ2) is 3.88. The van der Waals surface area contributed by atoms with Crippen molar-refractivity contribution >= 4 is 5.97 Å². The number of hydrogen-bond acceptors (Lipinski definition) is 2. The van der Waals surface area contributed by atoms with Crippen LogP contribution in [-0.2, 0) is 4.79 Å². The molecule has 0 aliphatic heterocycles. The summed E-state index contributed by atoms with van der Waals surface area (Å²) in [5.74, 6) is -0.437. The molecule has 0 aromatic carbocycles. The largest absolute Gasteiger partial charge is 0.480 e. The van der Waals surface area contributed by atoms with E-state index in [4.69, 9.17) is 5.11 Å². The van der Waals surface area contributed by atoms with Crippen molar-refractivity contribution in [1.29, 1.82) is 0 Å². The van der Waals surface area contributed by atoms with Crippen molar-refractivity contribution in [2.24, 2.45) is 5.92 Å². The average molecular weight is 207 g/mol. The molecule has 1 aliphatic carbocycles. The molecule has 1 aromatic heterocycles. The first-order valence-electron chi connectivity index (χ1n) is 5.08. The van der Waals surface area contributed by atoms with Crippen molar-refractivity contribution in [3.63, 3.8) is 0 Å². The summed E-state index contributed by atoms with van der Waals surface area (Å²) in [6, 6.07) is 3.99. The minimum absolute atomic E-state index is 0.245. The van der Waals surface area contributed by atoms with Gasteiger partial charge in [-0.2, -0.15) is 0 Å². The van der Waals surface area contributed by atoms with Gasteiger partial charge >= 0.3 is 5.97 Å². The van der Waals surface area contributed by atoms with Crippen LogP contribution in [0.25, 0.3) is 0 Å². The van der Waals surface area contributed by atoms with E-state index >= 15 is 0 Å². The molecular weight excluding hydrogens is 194 g/mol. The third-order valence-corrected chi connectivity index (χ3v) is 2.73. The number of rotatable bonds is 4. The number of nitrogens with zero attached hydrogens (tertiary/aromatic N) is 1. The Bertz CT molecular complexity index is 420. The molecule has 0 radical (unpaired) electrons. The van der Waals surface area contributed by atoms with Gasteiger partial charge in [-0.25, -0.2) is 4.79 Å². The number of aliphatic carboxylic acids is 1. The Morgan fingerprint density at radius 2 is 2.27 bits per heavy atom. The normalized spacial score (nSPS) is 17.3. The summed E-state index contributed by atoms with van der Waals surface area (Å²) in [7, 11) is 0. The fourth-order valence-corrected chi connectivity index (χ4v) is 1.70. The van der Waals surface area contributed by atoms with Gasteiger partial charge in [0.15, 0.2) is 0 Å². The molecule has 0 saturated heterocycles. The Morgan fingerprint density at radius 3 is 2.80 bits per heavy atom. The number of hydrogen-bond donors (Lipinski definition) is 1. The maximum absolute atomic E-state index is 11.5. The Balaban J connectivity index is 2.27. The standard InChI is InChI=1S/C11H13NO3/c13-10-3-1-2-6-12(10)9(11(14)15)7-8-4-5-8/h1-3,6,8-9H,4-5,7H2,(H,14,15). The van der Waals surface area contributed by atoms with E-state index in [1.807, 2.05) is 0 Å². The van der Waals surface area contributed by atoms with Crippen molar-refractivity contribution in [3.8, 4) is 0 Å². The van der Waals surface area contributed by atoms with Gasteiger partial charge in [-0.15, -0.1) is 0 Å². The van der Waals surface area contributed by atoms with Crippen molar-refractivity contribution in [2.45, 2.75) is 25.3 Å². The van der Waals surface area contributed by atoms with Crippen molar-refractivity contribution in [2.75, 3.05) is 0 Å². The highest BCUT2D eigenvalue weighted by Crippen LogP contribution is 2.36. The third-order valence-electron chi connectivity index (χ3n) is 2.73. The van der Waals surface area contributed by atoms with Crippen molar-refractivity contribution in [3.05, 3.63) is 34.7 Å². The Kier molecular flexibility index (Phi) is 2.58. The summed E-state index contributed by atoms with van der Waals surface area (Å²) in [4.78, 5) is 22.5. The molecule has 4 nitrogen and oxygen atoms in total. The number of aromatic nitrogens is 1. The van der Waals surface area contributed by atoms with Crippen LogP contribution in [0.1, 0.15) is 25.3 Å². The molecule has 1 unspecified atom stereocenters. The molecular formula is C11H13NO3. The van der Waals surface area contributed by atoms with E-state index in [-0.39, 0.29) is 5.56 Å². The van der Waals surface area contributed by atoms with Crippen molar-refractivity contribution in [1.82, 2.24) is 4.57 Å². The van der Waals surface area contributed by atoms with Crippen LogP contribution in [0.4, 0.5) is 0 Å². The van der Waals surface area contributed by atoms with Gasteiger partial charge in [0.25, 0.3) is 5.56 Å². The van der Waals surface area contributed by atoms with Crippen LogP contribution in [0.3, 0.4) is 0 Å². The van der Waals surface area contributed by atoms with Gasteiger partial charge in [0.2, 0.25) is 0 Å². The monoisotopic (exact) mass is 207 g/mol. The molecule has 0 bridgehead atoms. The molecule has 15 heavy (non-hydrogen) atoms. The molecule has 1 saturated carbocycles. The lowest BCUT2D eigenvalue weighted by Gasteiger charge is -2.14. The van der Waals surface area contributed by atoms with Gasteiger partial charge in [-0.1, -0.05) is 18.9 Å². The van der Waals surface area contributed by atoms with Crippen LogP contribution in [-0.4, -0.2) is 15.6 Å². The lowest BCUT2D eigenvalue weighted by Crippen LogP contribution is -2.29. The molecule has 1 atom stereocenters. The fourth-order valence-electron chi connectivity index (χ4n) is 1.70.